The van der Waals surface area contributed by atoms with Gasteiger partial charge in [0.25, 0.3) is 0 Å². The number of hydrogen-bond donors (Lipinski definition) is 4. The van der Waals surface area contributed by atoms with Gasteiger partial charge >= 0.3 is 5.97 Å². The lowest BCUT2D eigenvalue weighted by Crippen LogP contribution is -2.34. The average molecular weight is 254 g/mol. The van der Waals surface area contributed by atoms with Gasteiger partial charge in [0.1, 0.15) is 17.9 Å². The van der Waals surface area contributed by atoms with Crippen LogP contribution >= 0.6 is 0 Å². The lowest BCUT2D eigenvalue weighted by atomic mass is 10.1. The SMILES string of the molecule is CC(=O)NCC(O)C(O)c1cccc(C(=O)O)n1. The maximum absolute atomic E-state index is 10.7. The van der Waals surface area contributed by atoms with Gasteiger partial charge in [-0.15, -0.1) is 0 Å². The van der Waals surface area contributed by atoms with Crippen LogP contribution in [0.2, 0.25) is 0 Å². The Kier molecular flexibility index (Phi) is 4.75. The summed E-state index contributed by atoms with van der Waals surface area (Å²) in [4.78, 5) is 25.0. The van der Waals surface area contributed by atoms with Crippen LogP contribution in [0.15, 0.2) is 18.2 Å². The number of carboxylic acid groups (broad SMARTS) is 1. The summed E-state index contributed by atoms with van der Waals surface area (Å²) in [5.74, 6) is -1.56. The zero-order valence-electron chi connectivity index (χ0n) is 9.70. The Bertz CT molecular complexity index is 449. The number of nitrogens with zero attached hydrogens (tertiary/aromatic N) is 1. The number of hydrogen-bond acceptors (Lipinski definition) is 5. The van der Waals surface area contributed by atoms with Crippen LogP contribution in [0.5, 0.6) is 0 Å². The Balaban J connectivity index is 2.76. The number of aliphatic hydroxyl groups is 2. The molecule has 1 aromatic heterocycles. The van der Waals surface area contributed by atoms with E-state index >= 15 is 0 Å². The van der Waals surface area contributed by atoms with Gasteiger partial charge in [-0.05, 0) is 12.1 Å². The topological polar surface area (TPSA) is 120 Å². The van der Waals surface area contributed by atoms with E-state index in [9.17, 15) is 19.8 Å². The molecule has 0 aliphatic rings. The van der Waals surface area contributed by atoms with E-state index in [1.807, 2.05) is 0 Å². The molecule has 1 amide bonds. The van der Waals surface area contributed by atoms with Crippen LogP contribution in [0.1, 0.15) is 29.2 Å². The molecule has 98 valence electrons. The zero-order valence-corrected chi connectivity index (χ0v) is 9.70. The number of carbonyl (C=O) groups excluding carboxylic acids is 1. The zero-order chi connectivity index (χ0) is 13.7. The maximum atomic E-state index is 10.7. The van der Waals surface area contributed by atoms with Gasteiger partial charge in [-0.1, -0.05) is 6.07 Å². The average Bonchev–Trinajstić information content (AvgIpc) is 2.35. The third kappa shape index (κ3) is 3.79. The normalized spacial score (nSPS) is 13.7. The first-order chi connectivity index (χ1) is 8.41. The van der Waals surface area contributed by atoms with Crippen molar-refractivity contribution >= 4 is 11.9 Å². The van der Waals surface area contributed by atoms with Crippen molar-refractivity contribution in [2.45, 2.75) is 19.1 Å². The van der Waals surface area contributed by atoms with Crippen molar-refractivity contribution in [3.63, 3.8) is 0 Å². The second-order valence-electron chi connectivity index (χ2n) is 3.70. The molecule has 0 radical (unpaired) electrons. The molecule has 2 unspecified atom stereocenters. The van der Waals surface area contributed by atoms with E-state index in [4.69, 9.17) is 5.11 Å². The van der Waals surface area contributed by atoms with Crippen LogP contribution in [-0.2, 0) is 4.79 Å². The summed E-state index contributed by atoms with van der Waals surface area (Å²) in [5, 5.41) is 30.4. The van der Waals surface area contributed by atoms with Crippen LogP contribution in [0.4, 0.5) is 0 Å². The van der Waals surface area contributed by atoms with E-state index in [1.54, 1.807) is 0 Å². The van der Waals surface area contributed by atoms with E-state index < -0.39 is 18.2 Å². The molecule has 0 aromatic carbocycles. The molecular weight excluding hydrogens is 240 g/mol. The third-order valence-corrected chi connectivity index (χ3v) is 2.22. The number of carbonyl (C=O) groups is 2. The number of pyridine rings is 1. The summed E-state index contributed by atoms with van der Waals surface area (Å²) in [7, 11) is 0. The lowest BCUT2D eigenvalue weighted by molar-refractivity contribution is -0.119. The highest BCUT2D eigenvalue weighted by molar-refractivity contribution is 5.85. The summed E-state index contributed by atoms with van der Waals surface area (Å²) >= 11 is 0. The smallest absolute Gasteiger partial charge is 0.354 e. The first kappa shape index (κ1) is 14.1. The van der Waals surface area contributed by atoms with E-state index in [2.05, 4.69) is 10.3 Å². The molecule has 1 heterocycles. The van der Waals surface area contributed by atoms with Crippen LogP contribution in [0.25, 0.3) is 0 Å². The van der Waals surface area contributed by atoms with Crippen molar-refractivity contribution in [3.8, 4) is 0 Å². The molecule has 0 aliphatic heterocycles. The standard InChI is InChI=1S/C11H14N2O5/c1-6(14)12-5-9(15)10(16)7-3-2-4-8(13-7)11(17)18/h2-4,9-10,15-16H,5H2,1H3,(H,12,14)(H,17,18). The highest BCUT2D eigenvalue weighted by Gasteiger charge is 2.20. The molecule has 1 aromatic rings. The second kappa shape index (κ2) is 6.08. The van der Waals surface area contributed by atoms with Crippen LogP contribution in [0.3, 0.4) is 0 Å². The predicted octanol–water partition coefficient (Wildman–Crippen LogP) is -0.690. The molecule has 0 aliphatic carbocycles. The van der Waals surface area contributed by atoms with Gasteiger partial charge in [-0.25, -0.2) is 9.78 Å². The van der Waals surface area contributed by atoms with Gasteiger partial charge < -0.3 is 20.6 Å². The Morgan fingerprint density at radius 3 is 2.61 bits per heavy atom. The maximum Gasteiger partial charge on any atom is 0.354 e. The van der Waals surface area contributed by atoms with Crippen LogP contribution in [-0.4, -0.2) is 44.8 Å². The molecule has 2 atom stereocenters. The van der Waals surface area contributed by atoms with Gasteiger partial charge in [-0.3, -0.25) is 4.79 Å². The van der Waals surface area contributed by atoms with Crippen molar-refractivity contribution in [1.82, 2.24) is 10.3 Å². The first-order valence-electron chi connectivity index (χ1n) is 5.22. The summed E-state index contributed by atoms with van der Waals surface area (Å²) in [6.07, 6.45) is -2.62. The number of nitrogens with one attached hydrogen (secondary N) is 1. The van der Waals surface area contributed by atoms with E-state index in [0.29, 0.717) is 0 Å². The molecule has 0 fully saturated rings. The van der Waals surface area contributed by atoms with Crippen molar-refractivity contribution in [1.29, 1.82) is 0 Å². The highest BCUT2D eigenvalue weighted by atomic mass is 16.4. The third-order valence-electron chi connectivity index (χ3n) is 2.22. The summed E-state index contributed by atoms with van der Waals surface area (Å²) in [6, 6.07) is 4.09. The predicted molar refractivity (Wildman–Crippen MR) is 60.8 cm³/mol. The van der Waals surface area contributed by atoms with Gasteiger partial charge in [0.2, 0.25) is 5.91 Å². The number of aromatic carboxylic acids is 1. The second-order valence-corrected chi connectivity index (χ2v) is 3.70. The van der Waals surface area contributed by atoms with Gasteiger partial charge in [0, 0.05) is 13.5 Å². The summed E-state index contributed by atoms with van der Waals surface area (Å²) < 4.78 is 0. The molecule has 7 nitrogen and oxygen atoms in total. The number of carboxylic acids is 1. The molecule has 18 heavy (non-hydrogen) atoms. The Morgan fingerprint density at radius 2 is 2.06 bits per heavy atom. The minimum Gasteiger partial charge on any atom is -0.477 e. The minimum atomic E-state index is -1.36. The molecular formula is C11H14N2O5. The van der Waals surface area contributed by atoms with Crippen LogP contribution in [0, 0.1) is 0 Å². The molecule has 1 rings (SSSR count). The Hall–Kier alpha value is -1.99. The molecule has 7 heteroatoms. The fourth-order valence-electron chi connectivity index (χ4n) is 1.29. The van der Waals surface area contributed by atoms with E-state index in [1.165, 1.54) is 25.1 Å². The largest absolute Gasteiger partial charge is 0.477 e. The van der Waals surface area contributed by atoms with Crippen molar-refractivity contribution in [3.05, 3.63) is 29.6 Å². The molecule has 0 bridgehead atoms. The summed E-state index contributed by atoms with van der Waals surface area (Å²) in [5.41, 5.74) is -0.189. The van der Waals surface area contributed by atoms with Crippen molar-refractivity contribution < 1.29 is 24.9 Å². The molecule has 0 saturated heterocycles. The Labute approximate surface area is 103 Å². The molecule has 0 spiro atoms. The Morgan fingerprint density at radius 1 is 1.39 bits per heavy atom. The minimum absolute atomic E-state index is 0.0350. The fraction of sp³-hybridized carbons (Fsp3) is 0.364. The number of aromatic nitrogens is 1. The number of amides is 1. The van der Waals surface area contributed by atoms with Crippen molar-refractivity contribution in [2.75, 3.05) is 6.54 Å². The molecule has 4 N–H and O–H groups in total. The number of rotatable bonds is 5. The van der Waals surface area contributed by atoms with Gasteiger partial charge in [0.15, 0.2) is 0 Å². The van der Waals surface area contributed by atoms with Crippen LogP contribution < -0.4 is 5.32 Å². The molecule has 0 saturated carbocycles. The van der Waals surface area contributed by atoms with Gasteiger partial charge in [-0.2, -0.15) is 0 Å². The lowest BCUT2D eigenvalue weighted by Gasteiger charge is -2.17. The van der Waals surface area contributed by atoms with E-state index in [-0.39, 0.29) is 23.8 Å². The van der Waals surface area contributed by atoms with Crippen molar-refractivity contribution in [2.24, 2.45) is 0 Å². The quantitative estimate of drug-likeness (QED) is 0.552. The monoisotopic (exact) mass is 254 g/mol. The van der Waals surface area contributed by atoms with Gasteiger partial charge in [0.05, 0.1) is 5.69 Å². The first-order valence-corrected chi connectivity index (χ1v) is 5.22. The fourth-order valence-corrected chi connectivity index (χ4v) is 1.29. The number of aliphatic hydroxyl groups excluding tert-OH is 2. The summed E-state index contributed by atoms with van der Waals surface area (Å²) in [6.45, 7) is 1.14. The highest BCUT2D eigenvalue weighted by Crippen LogP contribution is 2.14. The van der Waals surface area contributed by atoms with E-state index in [0.717, 1.165) is 0 Å².